The fourth-order valence-corrected chi connectivity index (χ4v) is 3.22. The van der Waals surface area contributed by atoms with Crippen LogP contribution in [0.2, 0.25) is 0 Å². The van der Waals surface area contributed by atoms with E-state index < -0.39 is 0 Å². The Morgan fingerprint density at radius 2 is 2.19 bits per heavy atom. The number of piperidine rings is 1. The molecule has 1 fully saturated rings. The van der Waals surface area contributed by atoms with Gasteiger partial charge in [-0.1, -0.05) is 19.0 Å². The van der Waals surface area contributed by atoms with Gasteiger partial charge in [-0.25, -0.2) is 0 Å². The van der Waals surface area contributed by atoms with Crippen LogP contribution in [0.1, 0.15) is 56.7 Å². The van der Waals surface area contributed by atoms with E-state index in [9.17, 15) is 4.79 Å². The zero-order valence-electron chi connectivity index (χ0n) is 13.7. The third kappa shape index (κ3) is 3.28. The Morgan fingerprint density at radius 3 is 2.71 bits per heavy atom. The smallest absolute Gasteiger partial charge is 0.226 e. The third-order valence-corrected chi connectivity index (χ3v) is 4.77. The van der Waals surface area contributed by atoms with Gasteiger partial charge in [0.25, 0.3) is 0 Å². The molecule has 2 N–H and O–H groups in total. The van der Waals surface area contributed by atoms with Crippen LogP contribution in [0.4, 0.5) is 0 Å². The number of hydrogen-bond donors (Lipinski definition) is 2. The molecule has 2 unspecified atom stereocenters. The molecule has 0 spiro atoms. The highest BCUT2D eigenvalue weighted by Gasteiger charge is 2.38. The summed E-state index contributed by atoms with van der Waals surface area (Å²) < 4.78 is 5.19. The second kappa shape index (κ2) is 6.18. The molecule has 21 heavy (non-hydrogen) atoms. The van der Waals surface area contributed by atoms with Crippen LogP contribution in [0.3, 0.4) is 0 Å². The number of nitrogens with one attached hydrogen (secondary N) is 2. The summed E-state index contributed by atoms with van der Waals surface area (Å²) in [6.45, 7) is 11.8. The van der Waals surface area contributed by atoms with E-state index in [4.69, 9.17) is 4.52 Å². The Bertz CT molecular complexity index is 482. The van der Waals surface area contributed by atoms with Crippen LogP contribution in [-0.2, 0) is 4.79 Å². The lowest BCUT2D eigenvalue weighted by Gasteiger charge is -2.36. The number of hydrogen-bond acceptors (Lipinski definition) is 4. The second-order valence-corrected chi connectivity index (χ2v) is 6.70. The second-order valence-electron chi connectivity index (χ2n) is 6.70. The first kappa shape index (κ1) is 16.0. The SMILES string of the molecule is Cc1noc(C)c1C(C)NC(=O)C(C)(C)C1CCCNC1. The first-order valence-electron chi connectivity index (χ1n) is 7.78. The Labute approximate surface area is 126 Å². The lowest BCUT2D eigenvalue weighted by molar-refractivity contribution is -0.133. The van der Waals surface area contributed by atoms with Crippen molar-refractivity contribution >= 4 is 5.91 Å². The van der Waals surface area contributed by atoms with Gasteiger partial charge in [0, 0.05) is 11.0 Å². The average Bonchev–Trinajstić information content (AvgIpc) is 2.79. The highest BCUT2D eigenvalue weighted by molar-refractivity contribution is 5.82. The van der Waals surface area contributed by atoms with Crippen molar-refractivity contribution in [1.29, 1.82) is 0 Å². The van der Waals surface area contributed by atoms with Crippen molar-refractivity contribution in [2.45, 2.75) is 53.5 Å². The minimum absolute atomic E-state index is 0.0837. The molecule has 2 rings (SSSR count). The molecule has 2 heterocycles. The van der Waals surface area contributed by atoms with Gasteiger partial charge in [0.15, 0.2) is 0 Å². The van der Waals surface area contributed by atoms with Crippen LogP contribution in [0, 0.1) is 25.2 Å². The van der Waals surface area contributed by atoms with E-state index in [-0.39, 0.29) is 17.4 Å². The van der Waals surface area contributed by atoms with Crippen molar-refractivity contribution in [1.82, 2.24) is 15.8 Å². The number of carbonyl (C=O) groups excluding carboxylic acids is 1. The van der Waals surface area contributed by atoms with Gasteiger partial charge < -0.3 is 15.2 Å². The van der Waals surface area contributed by atoms with E-state index in [2.05, 4.69) is 15.8 Å². The summed E-state index contributed by atoms with van der Waals surface area (Å²) in [6.07, 6.45) is 2.24. The van der Waals surface area contributed by atoms with Gasteiger partial charge in [0.05, 0.1) is 11.7 Å². The molecule has 0 aliphatic carbocycles. The molecule has 1 saturated heterocycles. The molecular weight excluding hydrogens is 266 g/mol. The van der Waals surface area contributed by atoms with Gasteiger partial charge in [-0.15, -0.1) is 0 Å². The van der Waals surface area contributed by atoms with E-state index in [1.165, 1.54) is 0 Å². The minimum atomic E-state index is -0.374. The highest BCUT2D eigenvalue weighted by atomic mass is 16.5. The Balaban J connectivity index is 2.06. The molecule has 2 atom stereocenters. The third-order valence-electron chi connectivity index (χ3n) is 4.77. The summed E-state index contributed by atoms with van der Waals surface area (Å²) in [5.74, 6) is 1.25. The summed E-state index contributed by atoms with van der Waals surface area (Å²) in [4.78, 5) is 12.7. The van der Waals surface area contributed by atoms with E-state index >= 15 is 0 Å². The fraction of sp³-hybridized carbons (Fsp3) is 0.750. The number of aryl methyl sites for hydroxylation is 2. The average molecular weight is 293 g/mol. The molecule has 0 aromatic carbocycles. The van der Waals surface area contributed by atoms with Crippen molar-refractivity contribution in [3.63, 3.8) is 0 Å². The van der Waals surface area contributed by atoms with E-state index in [0.29, 0.717) is 5.92 Å². The molecular formula is C16H27N3O2. The molecule has 5 heteroatoms. The maximum Gasteiger partial charge on any atom is 0.226 e. The maximum absolute atomic E-state index is 12.7. The van der Waals surface area contributed by atoms with Crippen molar-refractivity contribution in [3.8, 4) is 0 Å². The van der Waals surface area contributed by atoms with Crippen LogP contribution < -0.4 is 10.6 Å². The molecule has 1 aliphatic rings. The van der Waals surface area contributed by atoms with Gasteiger partial charge in [-0.05, 0) is 52.6 Å². The van der Waals surface area contributed by atoms with E-state index in [0.717, 1.165) is 42.9 Å². The molecule has 5 nitrogen and oxygen atoms in total. The molecule has 1 aliphatic heterocycles. The monoisotopic (exact) mass is 293 g/mol. The molecule has 0 radical (unpaired) electrons. The topological polar surface area (TPSA) is 67.2 Å². The predicted octanol–water partition coefficient (Wildman–Crippen LogP) is 2.49. The Morgan fingerprint density at radius 1 is 1.48 bits per heavy atom. The normalized spacial score (nSPS) is 21.1. The van der Waals surface area contributed by atoms with Gasteiger partial charge in [-0.2, -0.15) is 0 Å². The van der Waals surface area contributed by atoms with Crippen molar-refractivity contribution < 1.29 is 9.32 Å². The Hall–Kier alpha value is -1.36. The summed E-state index contributed by atoms with van der Waals surface area (Å²) in [5.41, 5.74) is 1.46. The summed E-state index contributed by atoms with van der Waals surface area (Å²) in [5, 5.41) is 10.5. The van der Waals surface area contributed by atoms with Crippen LogP contribution in [0.15, 0.2) is 4.52 Å². The van der Waals surface area contributed by atoms with Gasteiger partial charge in [0.2, 0.25) is 5.91 Å². The van der Waals surface area contributed by atoms with Crippen LogP contribution >= 0.6 is 0 Å². The van der Waals surface area contributed by atoms with E-state index in [1.54, 1.807) is 0 Å². The van der Waals surface area contributed by atoms with E-state index in [1.807, 2.05) is 34.6 Å². The van der Waals surface area contributed by atoms with Crippen LogP contribution in [0.5, 0.6) is 0 Å². The van der Waals surface area contributed by atoms with Crippen LogP contribution in [-0.4, -0.2) is 24.2 Å². The lowest BCUT2D eigenvalue weighted by atomic mass is 9.74. The zero-order chi connectivity index (χ0) is 15.6. The van der Waals surface area contributed by atoms with Gasteiger partial charge in [-0.3, -0.25) is 4.79 Å². The summed E-state index contributed by atoms with van der Waals surface area (Å²) in [6, 6.07) is -0.0837. The molecule has 118 valence electrons. The van der Waals surface area contributed by atoms with Crippen LogP contribution in [0.25, 0.3) is 0 Å². The van der Waals surface area contributed by atoms with Crippen molar-refractivity contribution in [3.05, 3.63) is 17.0 Å². The minimum Gasteiger partial charge on any atom is -0.361 e. The number of amides is 1. The summed E-state index contributed by atoms with van der Waals surface area (Å²) >= 11 is 0. The van der Waals surface area contributed by atoms with Gasteiger partial charge in [0.1, 0.15) is 5.76 Å². The largest absolute Gasteiger partial charge is 0.361 e. The quantitative estimate of drug-likeness (QED) is 0.895. The van der Waals surface area contributed by atoms with Crippen molar-refractivity contribution in [2.75, 3.05) is 13.1 Å². The zero-order valence-corrected chi connectivity index (χ0v) is 13.7. The Kier molecular flexibility index (Phi) is 4.71. The summed E-state index contributed by atoms with van der Waals surface area (Å²) in [7, 11) is 0. The number of nitrogens with zero attached hydrogens (tertiary/aromatic N) is 1. The molecule has 1 aromatic heterocycles. The standard InChI is InChI=1S/C16H27N3O2/c1-10(14-11(2)19-21-12(14)3)18-15(20)16(4,5)13-7-6-8-17-9-13/h10,13,17H,6-9H2,1-5H3,(H,18,20). The van der Waals surface area contributed by atoms with Gasteiger partial charge >= 0.3 is 0 Å². The lowest BCUT2D eigenvalue weighted by Crippen LogP contribution is -2.47. The molecule has 0 bridgehead atoms. The highest BCUT2D eigenvalue weighted by Crippen LogP contribution is 2.33. The molecule has 0 saturated carbocycles. The molecule has 1 aromatic rings. The first-order valence-corrected chi connectivity index (χ1v) is 7.78. The number of carbonyl (C=O) groups is 1. The maximum atomic E-state index is 12.7. The van der Waals surface area contributed by atoms with Crippen molar-refractivity contribution in [2.24, 2.45) is 11.3 Å². The number of rotatable bonds is 4. The fourth-order valence-electron chi connectivity index (χ4n) is 3.22. The first-order chi connectivity index (χ1) is 9.84. The molecule has 1 amide bonds. The predicted molar refractivity (Wildman–Crippen MR) is 81.9 cm³/mol. The number of aromatic nitrogens is 1.